The Morgan fingerprint density at radius 1 is 1.75 bits per heavy atom. The van der Waals surface area contributed by atoms with Crippen LogP contribution in [0.5, 0.6) is 0 Å². The lowest BCUT2D eigenvalue weighted by Crippen LogP contribution is -2.32. The third-order valence-corrected chi connectivity index (χ3v) is 1.67. The van der Waals surface area contributed by atoms with Crippen LogP contribution in [0.4, 0.5) is 4.79 Å². The second-order valence-electron chi connectivity index (χ2n) is 2.40. The molecule has 1 heterocycles. The van der Waals surface area contributed by atoms with Gasteiger partial charge < -0.3 is 5.73 Å². The minimum atomic E-state index is -0.703. The van der Waals surface area contributed by atoms with Gasteiger partial charge in [-0.05, 0) is 18.6 Å². The number of hydrogen-bond acceptors (Lipinski definition) is 2. The fourth-order valence-electron chi connectivity index (χ4n) is 0.864. The molecule has 0 aliphatic heterocycles. The molecule has 0 bridgehead atoms. The number of aromatic nitrogens is 1. The van der Waals surface area contributed by atoms with Crippen LogP contribution >= 0.6 is 11.6 Å². The molecule has 5 heteroatoms. The maximum absolute atomic E-state index is 10.7. The van der Waals surface area contributed by atoms with Crippen LogP contribution in [0, 0.1) is 12.3 Å². The number of hydrogen-bond donors (Lipinski definition) is 2. The molecular formula is C7H8ClN3O. The SMILES string of the molecule is Cc1cc(Cl)cn(C(N)=O)c1=N. The van der Waals surface area contributed by atoms with Crippen LogP contribution in [0.2, 0.25) is 5.02 Å². The number of carbonyl (C=O) groups excluding carboxylic acids is 1. The average molecular weight is 186 g/mol. The highest BCUT2D eigenvalue weighted by Gasteiger charge is 2.02. The van der Waals surface area contributed by atoms with E-state index in [1.165, 1.54) is 6.20 Å². The molecule has 0 aliphatic rings. The summed E-state index contributed by atoms with van der Waals surface area (Å²) in [6.45, 7) is 1.69. The van der Waals surface area contributed by atoms with Gasteiger partial charge in [0.25, 0.3) is 0 Å². The zero-order valence-corrected chi connectivity index (χ0v) is 7.22. The fraction of sp³-hybridized carbons (Fsp3) is 0.143. The number of nitrogens with one attached hydrogen (secondary N) is 1. The third-order valence-electron chi connectivity index (χ3n) is 1.46. The predicted octanol–water partition coefficient (Wildman–Crippen LogP) is 0.856. The van der Waals surface area contributed by atoms with Gasteiger partial charge in [-0.15, -0.1) is 0 Å². The van der Waals surface area contributed by atoms with E-state index in [0.29, 0.717) is 10.6 Å². The minimum absolute atomic E-state index is 0.0619. The lowest BCUT2D eigenvalue weighted by atomic mass is 10.3. The smallest absolute Gasteiger partial charge is 0.324 e. The van der Waals surface area contributed by atoms with Crippen molar-refractivity contribution in [1.29, 1.82) is 5.41 Å². The van der Waals surface area contributed by atoms with E-state index in [-0.39, 0.29) is 5.49 Å². The van der Waals surface area contributed by atoms with Crippen LogP contribution in [-0.2, 0) is 0 Å². The van der Waals surface area contributed by atoms with Crippen molar-refractivity contribution in [2.45, 2.75) is 6.92 Å². The van der Waals surface area contributed by atoms with Crippen molar-refractivity contribution < 1.29 is 4.79 Å². The number of rotatable bonds is 0. The van der Waals surface area contributed by atoms with Gasteiger partial charge >= 0.3 is 6.03 Å². The second kappa shape index (κ2) is 2.98. The highest BCUT2D eigenvalue weighted by molar-refractivity contribution is 6.30. The zero-order valence-electron chi connectivity index (χ0n) is 6.47. The van der Waals surface area contributed by atoms with Crippen molar-refractivity contribution in [2.24, 2.45) is 5.73 Å². The number of carbonyl (C=O) groups is 1. The van der Waals surface area contributed by atoms with Crippen LogP contribution in [0.3, 0.4) is 0 Å². The maximum atomic E-state index is 10.7. The largest absolute Gasteiger partial charge is 0.351 e. The lowest BCUT2D eigenvalue weighted by Gasteiger charge is -2.03. The van der Waals surface area contributed by atoms with Crippen molar-refractivity contribution in [3.63, 3.8) is 0 Å². The summed E-state index contributed by atoms with van der Waals surface area (Å²) in [6.07, 6.45) is 1.32. The van der Waals surface area contributed by atoms with E-state index in [0.717, 1.165) is 4.57 Å². The summed E-state index contributed by atoms with van der Waals surface area (Å²) in [4.78, 5) is 10.7. The summed E-state index contributed by atoms with van der Waals surface area (Å²) >= 11 is 5.65. The summed E-state index contributed by atoms with van der Waals surface area (Å²) in [7, 11) is 0. The molecule has 0 spiro atoms. The Hall–Kier alpha value is -1.29. The molecular weight excluding hydrogens is 178 g/mol. The molecule has 4 nitrogen and oxygen atoms in total. The molecule has 12 heavy (non-hydrogen) atoms. The molecule has 1 aromatic heterocycles. The molecule has 0 saturated carbocycles. The molecule has 0 fully saturated rings. The van der Waals surface area contributed by atoms with Crippen molar-refractivity contribution >= 4 is 17.6 Å². The molecule has 0 atom stereocenters. The number of halogens is 1. The Balaban J connectivity index is 3.49. The van der Waals surface area contributed by atoms with Gasteiger partial charge in [0.1, 0.15) is 5.49 Å². The number of primary amides is 1. The Labute approximate surface area is 74.1 Å². The molecule has 0 radical (unpaired) electrons. The summed E-state index contributed by atoms with van der Waals surface area (Å²) < 4.78 is 0.998. The van der Waals surface area contributed by atoms with Gasteiger partial charge in [-0.3, -0.25) is 9.98 Å². The molecule has 0 unspecified atom stereocenters. The van der Waals surface area contributed by atoms with Gasteiger partial charge in [0.15, 0.2) is 0 Å². The molecule has 1 rings (SSSR count). The summed E-state index contributed by atoms with van der Waals surface area (Å²) in [6, 6.07) is 0.897. The molecule has 0 aromatic carbocycles. The van der Waals surface area contributed by atoms with Gasteiger partial charge in [0, 0.05) is 6.20 Å². The van der Waals surface area contributed by atoms with Crippen molar-refractivity contribution in [2.75, 3.05) is 0 Å². The standard InChI is InChI=1S/C7H8ClN3O/c1-4-2-5(8)3-11(6(4)9)7(10)12/h2-3,9H,1H3,(H2,10,12). The van der Waals surface area contributed by atoms with E-state index in [9.17, 15) is 4.79 Å². The quantitative estimate of drug-likeness (QED) is 0.618. The number of nitrogens with zero attached hydrogens (tertiary/aromatic N) is 1. The first-order valence-electron chi connectivity index (χ1n) is 3.25. The van der Waals surface area contributed by atoms with Gasteiger partial charge in [-0.25, -0.2) is 4.79 Å². The predicted molar refractivity (Wildman–Crippen MR) is 45.0 cm³/mol. The normalized spacial score (nSPS) is 9.83. The average Bonchev–Trinajstić information content (AvgIpc) is 1.96. The van der Waals surface area contributed by atoms with Crippen LogP contribution in [0.15, 0.2) is 12.3 Å². The second-order valence-corrected chi connectivity index (χ2v) is 2.83. The van der Waals surface area contributed by atoms with E-state index in [1.54, 1.807) is 13.0 Å². The topological polar surface area (TPSA) is 71.9 Å². The third kappa shape index (κ3) is 1.48. The van der Waals surface area contributed by atoms with E-state index in [1.807, 2.05) is 0 Å². The van der Waals surface area contributed by atoms with Gasteiger partial charge in [-0.1, -0.05) is 11.6 Å². The minimum Gasteiger partial charge on any atom is -0.351 e. The monoisotopic (exact) mass is 185 g/mol. The highest BCUT2D eigenvalue weighted by Crippen LogP contribution is 2.05. The number of pyridine rings is 1. The molecule has 0 aliphatic carbocycles. The molecule has 64 valence electrons. The molecule has 1 amide bonds. The Morgan fingerprint density at radius 2 is 2.33 bits per heavy atom. The van der Waals surface area contributed by atoms with E-state index in [4.69, 9.17) is 22.7 Å². The van der Waals surface area contributed by atoms with E-state index < -0.39 is 6.03 Å². The number of nitrogens with two attached hydrogens (primary N) is 1. The number of aryl methyl sites for hydroxylation is 1. The van der Waals surface area contributed by atoms with E-state index in [2.05, 4.69) is 0 Å². The Morgan fingerprint density at radius 3 is 2.83 bits per heavy atom. The van der Waals surface area contributed by atoms with Gasteiger partial charge in [0.05, 0.1) is 5.02 Å². The molecule has 0 saturated heterocycles. The highest BCUT2D eigenvalue weighted by atomic mass is 35.5. The lowest BCUT2D eigenvalue weighted by molar-refractivity contribution is 0.249. The Bertz CT molecular complexity index is 383. The molecule has 3 N–H and O–H groups in total. The number of amides is 1. The maximum Gasteiger partial charge on any atom is 0.324 e. The summed E-state index contributed by atoms with van der Waals surface area (Å²) in [5, 5.41) is 7.82. The van der Waals surface area contributed by atoms with Crippen molar-refractivity contribution in [3.05, 3.63) is 28.3 Å². The van der Waals surface area contributed by atoms with Crippen LogP contribution in [-0.4, -0.2) is 10.6 Å². The van der Waals surface area contributed by atoms with Crippen LogP contribution in [0.1, 0.15) is 5.56 Å². The Kier molecular flexibility index (Phi) is 2.19. The van der Waals surface area contributed by atoms with Crippen molar-refractivity contribution in [1.82, 2.24) is 4.57 Å². The van der Waals surface area contributed by atoms with E-state index >= 15 is 0 Å². The summed E-state index contributed by atoms with van der Waals surface area (Å²) in [5.74, 6) is 0. The first-order chi connectivity index (χ1) is 5.52. The fourth-order valence-corrected chi connectivity index (χ4v) is 1.13. The van der Waals surface area contributed by atoms with Gasteiger partial charge in [0.2, 0.25) is 0 Å². The van der Waals surface area contributed by atoms with Gasteiger partial charge in [-0.2, -0.15) is 0 Å². The molecule has 1 aromatic rings. The van der Waals surface area contributed by atoms with Crippen LogP contribution < -0.4 is 11.2 Å². The first-order valence-corrected chi connectivity index (χ1v) is 3.63. The summed E-state index contributed by atoms with van der Waals surface area (Å²) in [5.41, 5.74) is 5.67. The first kappa shape index (κ1) is 8.80. The van der Waals surface area contributed by atoms with Crippen molar-refractivity contribution in [3.8, 4) is 0 Å². The zero-order chi connectivity index (χ0) is 9.30. The van der Waals surface area contributed by atoms with Crippen LogP contribution in [0.25, 0.3) is 0 Å².